The van der Waals surface area contributed by atoms with Crippen LogP contribution in [0.3, 0.4) is 0 Å². The molecular formula is C22H22N4O2S2. The summed E-state index contributed by atoms with van der Waals surface area (Å²) in [5, 5.41) is 2.40. The van der Waals surface area contributed by atoms with Crippen LogP contribution in [0.2, 0.25) is 0 Å². The molecule has 2 fully saturated rings. The number of amides is 2. The topological polar surface area (TPSA) is 56.8 Å². The molecule has 4 heterocycles. The van der Waals surface area contributed by atoms with Gasteiger partial charge in [0.25, 0.3) is 11.8 Å². The molecular weight excluding hydrogens is 416 g/mol. The lowest BCUT2D eigenvalue weighted by Gasteiger charge is -2.47. The van der Waals surface area contributed by atoms with Gasteiger partial charge in [0.2, 0.25) is 0 Å². The summed E-state index contributed by atoms with van der Waals surface area (Å²) in [5.74, 6) is 0.151. The normalized spacial score (nSPS) is 17.7. The van der Waals surface area contributed by atoms with Crippen molar-refractivity contribution in [2.24, 2.45) is 0 Å². The van der Waals surface area contributed by atoms with Crippen molar-refractivity contribution in [3.05, 3.63) is 63.9 Å². The van der Waals surface area contributed by atoms with E-state index in [2.05, 4.69) is 22.0 Å². The molecule has 0 radical (unpaired) electrons. The standard InChI is InChI=1S/C22H22N4O2S2/c27-21(19-7-6-18(30-19)16-4-2-1-3-5-16)26-14-17(15-26)24-9-11-25(12-10-24)22(28)20-23-8-13-29-20/h1-8,13,17H,9-12,14-15H2. The third-order valence-corrected chi connectivity index (χ3v) is 7.64. The summed E-state index contributed by atoms with van der Waals surface area (Å²) in [5.41, 5.74) is 1.15. The Morgan fingerprint density at radius 1 is 0.900 bits per heavy atom. The van der Waals surface area contributed by atoms with Crippen molar-refractivity contribution in [1.29, 1.82) is 0 Å². The van der Waals surface area contributed by atoms with Crippen LogP contribution in [0.25, 0.3) is 10.4 Å². The number of thiazole rings is 1. The molecule has 2 saturated heterocycles. The Morgan fingerprint density at radius 3 is 2.37 bits per heavy atom. The van der Waals surface area contributed by atoms with Gasteiger partial charge in [-0.15, -0.1) is 22.7 Å². The molecule has 154 valence electrons. The van der Waals surface area contributed by atoms with Gasteiger partial charge >= 0.3 is 0 Å². The van der Waals surface area contributed by atoms with E-state index in [0.29, 0.717) is 24.1 Å². The van der Waals surface area contributed by atoms with Gasteiger partial charge in [-0.1, -0.05) is 30.3 Å². The molecule has 6 nitrogen and oxygen atoms in total. The highest BCUT2D eigenvalue weighted by Gasteiger charge is 2.37. The Labute approximate surface area is 183 Å². The Hall–Kier alpha value is -2.55. The average molecular weight is 439 g/mol. The number of aromatic nitrogens is 1. The molecule has 0 N–H and O–H groups in total. The number of carbonyl (C=O) groups is 2. The number of hydrogen-bond acceptors (Lipinski definition) is 6. The first-order valence-corrected chi connectivity index (χ1v) is 11.8. The van der Waals surface area contributed by atoms with Gasteiger partial charge in [0.1, 0.15) is 0 Å². The molecule has 2 amide bonds. The minimum absolute atomic E-state index is 0.0296. The molecule has 1 aromatic carbocycles. The first kappa shape index (κ1) is 19.4. The summed E-state index contributed by atoms with van der Waals surface area (Å²) in [6.07, 6.45) is 1.67. The van der Waals surface area contributed by atoms with Gasteiger partial charge in [-0.25, -0.2) is 4.98 Å². The van der Waals surface area contributed by atoms with Gasteiger partial charge in [0.05, 0.1) is 4.88 Å². The first-order chi connectivity index (χ1) is 14.7. The maximum absolute atomic E-state index is 12.8. The second-order valence-electron chi connectivity index (χ2n) is 7.56. The number of piperazine rings is 1. The summed E-state index contributed by atoms with van der Waals surface area (Å²) >= 11 is 2.95. The first-order valence-electron chi connectivity index (χ1n) is 10.1. The minimum atomic E-state index is 0.0296. The lowest BCUT2D eigenvalue weighted by Crippen LogP contribution is -2.64. The van der Waals surface area contributed by atoms with E-state index in [4.69, 9.17) is 0 Å². The second-order valence-corrected chi connectivity index (χ2v) is 9.54. The summed E-state index contributed by atoms with van der Waals surface area (Å²) in [6.45, 7) is 4.65. The summed E-state index contributed by atoms with van der Waals surface area (Å²) in [6, 6.07) is 14.5. The average Bonchev–Trinajstić information content (AvgIpc) is 3.46. The molecule has 0 unspecified atom stereocenters. The highest BCUT2D eigenvalue weighted by molar-refractivity contribution is 7.17. The summed E-state index contributed by atoms with van der Waals surface area (Å²) < 4.78 is 0. The van der Waals surface area contributed by atoms with Crippen molar-refractivity contribution in [3.63, 3.8) is 0 Å². The summed E-state index contributed by atoms with van der Waals surface area (Å²) in [7, 11) is 0. The SMILES string of the molecule is O=C(c1ccc(-c2ccccc2)s1)N1CC(N2CCN(C(=O)c3nccs3)CC2)C1. The number of rotatable bonds is 4. The van der Waals surface area contributed by atoms with Gasteiger partial charge in [0.15, 0.2) is 5.01 Å². The maximum Gasteiger partial charge on any atom is 0.282 e. The van der Waals surface area contributed by atoms with E-state index in [0.717, 1.165) is 41.5 Å². The van der Waals surface area contributed by atoms with Crippen LogP contribution < -0.4 is 0 Å². The van der Waals surface area contributed by atoms with Gasteiger partial charge in [-0.05, 0) is 17.7 Å². The zero-order valence-corrected chi connectivity index (χ0v) is 18.1. The molecule has 8 heteroatoms. The maximum atomic E-state index is 12.8. The van der Waals surface area contributed by atoms with Crippen LogP contribution in [0.4, 0.5) is 0 Å². The fraction of sp³-hybridized carbons (Fsp3) is 0.318. The molecule has 5 rings (SSSR count). The van der Waals surface area contributed by atoms with E-state index in [1.54, 1.807) is 17.5 Å². The zero-order chi connectivity index (χ0) is 20.5. The van der Waals surface area contributed by atoms with Crippen LogP contribution in [0, 0.1) is 0 Å². The van der Waals surface area contributed by atoms with Crippen molar-refractivity contribution < 1.29 is 9.59 Å². The van der Waals surface area contributed by atoms with Crippen molar-refractivity contribution in [1.82, 2.24) is 19.7 Å². The van der Waals surface area contributed by atoms with Crippen molar-refractivity contribution in [2.75, 3.05) is 39.3 Å². The van der Waals surface area contributed by atoms with Gasteiger partial charge < -0.3 is 9.80 Å². The molecule has 2 aliphatic heterocycles. The predicted molar refractivity (Wildman–Crippen MR) is 119 cm³/mol. The molecule has 0 bridgehead atoms. The number of carbonyl (C=O) groups excluding carboxylic acids is 2. The summed E-state index contributed by atoms with van der Waals surface area (Å²) in [4.78, 5) is 37.5. The van der Waals surface area contributed by atoms with Gasteiger partial charge in [-0.3, -0.25) is 14.5 Å². The fourth-order valence-corrected chi connectivity index (χ4v) is 5.55. The van der Waals surface area contributed by atoms with Crippen molar-refractivity contribution in [2.45, 2.75) is 6.04 Å². The van der Waals surface area contributed by atoms with E-state index >= 15 is 0 Å². The molecule has 0 aliphatic carbocycles. The molecule has 30 heavy (non-hydrogen) atoms. The van der Waals surface area contributed by atoms with Crippen molar-refractivity contribution >= 4 is 34.5 Å². The van der Waals surface area contributed by atoms with Crippen LogP contribution in [-0.4, -0.2) is 76.8 Å². The van der Waals surface area contributed by atoms with E-state index in [-0.39, 0.29) is 11.8 Å². The highest BCUT2D eigenvalue weighted by Crippen LogP contribution is 2.30. The smallest absolute Gasteiger partial charge is 0.282 e. The third kappa shape index (κ3) is 3.78. The van der Waals surface area contributed by atoms with Crippen LogP contribution in [0.5, 0.6) is 0 Å². The van der Waals surface area contributed by atoms with Crippen LogP contribution in [-0.2, 0) is 0 Å². The predicted octanol–water partition coefficient (Wildman–Crippen LogP) is 3.15. The quantitative estimate of drug-likeness (QED) is 0.628. The van der Waals surface area contributed by atoms with E-state index < -0.39 is 0 Å². The van der Waals surface area contributed by atoms with Gasteiger partial charge in [-0.2, -0.15) is 0 Å². The monoisotopic (exact) mass is 438 g/mol. The lowest BCUT2D eigenvalue weighted by atomic mass is 10.1. The van der Waals surface area contributed by atoms with Crippen molar-refractivity contribution in [3.8, 4) is 10.4 Å². The molecule has 3 aromatic rings. The minimum Gasteiger partial charge on any atom is -0.335 e. The molecule has 2 aliphatic rings. The Kier molecular flexibility index (Phi) is 5.37. The Balaban J connectivity index is 1.12. The zero-order valence-electron chi connectivity index (χ0n) is 16.4. The fourth-order valence-electron chi connectivity index (χ4n) is 3.97. The van der Waals surface area contributed by atoms with E-state index in [9.17, 15) is 9.59 Å². The highest BCUT2D eigenvalue weighted by atomic mass is 32.1. The number of nitrogens with zero attached hydrogens (tertiary/aromatic N) is 4. The molecule has 2 aromatic heterocycles. The second kappa shape index (κ2) is 8.29. The third-order valence-electron chi connectivity index (χ3n) is 5.76. The number of benzene rings is 1. The van der Waals surface area contributed by atoms with Gasteiger partial charge in [0, 0.05) is 61.8 Å². The molecule has 0 atom stereocenters. The van der Waals surface area contributed by atoms with E-state index in [1.165, 1.54) is 11.3 Å². The van der Waals surface area contributed by atoms with Crippen LogP contribution >= 0.6 is 22.7 Å². The Bertz CT molecular complexity index is 1020. The largest absolute Gasteiger partial charge is 0.335 e. The number of likely N-dealkylation sites (tertiary alicyclic amines) is 1. The Morgan fingerprint density at radius 2 is 1.67 bits per heavy atom. The number of thiophene rings is 1. The number of hydrogen-bond donors (Lipinski definition) is 0. The van der Waals surface area contributed by atoms with E-state index in [1.807, 2.05) is 45.5 Å². The molecule has 0 spiro atoms. The van der Waals surface area contributed by atoms with Crippen LogP contribution in [0.1, 0.15) is 19.5 Å². The van der Waals surface area contributed by atoms with Crippen LogP contribution in [0.15, 0.2) is 54.0 Å². The lowest BCUT2D eigenvalue weighted by molar-refractivity contribution is 0.00879. The molecule has 0 saturated carbocycles.